The lowest BCUT2D eigenvalue weighted by Gasteiger charge is -2.13. The van der Waals surface area contributed by atoms with Crippen LogP contribution in [0.5, 0.6) is 23.0 Å². The molecule has 0 saturated carbocycles. The zero-order valence-electron chi connectivity index (χ0n) is 19.1. The van der Waals surface area contributed by atoms with Crippen LogP contribution in [0.15, 0.2) is 66.7 Å². The summed E-state index contributed by atoms with van der Waals surface area (Å²) >= 11 is 0. The lowest BCUT2D eigenvalue weighted by atomic mass is 10.1. The summed E-state index contributed by atoms with van der Waals surface area (Å²) in [5.74, 6) is 2.18. The SMILES string of the molecule is COc1cccc(/C=C/C(=O)Nc2ccccc2/C=C/c2cc(OC)c(OC)c(OC)c2)c1. The van der Waals surface area contributed by atoms with E-state index in [-0.39, 0.29) is 5.91 Å². The Morgan fingerprint density at radius 2 is 1.45 bits per heavy atom. The number of carbonyl (C=O) groups is 1. The Labute approximate surface area is 194 Å². The molecular formula is C27H27NO5. The van der Waals surface area contributed by atoms with Crippen molar-refractivity contribution < 1.29 is 23.7 Å². The van der Waals surface area contributed by atoms with Crippen molar-refractivity contribution in [3.05, 3.63) is 83.4 Å². The maximum atomic E-state index is 12.5. The van der Waals surface area contributed by atoms with Crippen molar-refractivity contribution in [1.29, 1.82) is 0 Å². The molecule has 6 nitrogen and oxygen atoms in total. The molecule has 6 heteroatoms. The number of amides is 1. The number of para-hydroxylation sites is 1. The number of hydrogen-bond donors (Lipinski definition) is 1. The fourth-order valence-electron chi connectivity index (χ4n) is 3.23. The van der Waals surface area contributed by atoms with Crippen LogP contribution < -0.4 is 24.3 Å². The zero-order valence-corrected chi connectivity index (χ0v) is 19.1. The summed E-state index contributed by atoms with van der Waals surface area (Å²) in [6.07, 6.45) is 7.07. The second kappa shape index (κ2) is 11.4. The highest BCUT2D eigenvalue weighted by molar-refractivity contribution is 6.03. The van der Waals surface area contributed by atoms with Gasteiger partial charge in [-0.3, -0.25) is 4.79 Å². The quantitative estimate of drug-likeness (QED) is 0.346. The Morgan fingerprint density at radius 3 is 2.12 bits per heavy atom. The smallest absolute Gasteiger partial charge is 0.248 e. The summed E-state index contributed by atoms with van der Waals surface area (Å²) in [6.45, 7) is 0. The number of hydrogen-bond acceptors (Lipinski definition) is 5. The number of ether oxygens (including phenoxy) is 4. The van der Waals surface area contributed by atoms with E-state index in [4.69, 9.17) is 18.9 Å². The van der Waals surface area contributed by atoms with Gasteiger partial charge in [-0.1, -0.05) is 42.5 Å². The molecule has 0 spiro atoms. The highest BCUT2D eigenvalue weighted by Crippen LogP contribution is 2.38. The number of anilines is 1. The molecule has 0 fully saturated rings. The third kappa shape index (κ3) is 6.17. The Kier molecular flexibility index (Phi) is 8.13. The first-order valence-electron chi connectivity index (χ1n) is 10.3. The fraction of sp³-hybridized carbons (Fsp3) is 0.148. The number of rotatable bonds is 9. The van der Waals surface area contributed by atoms with Crippen molar-refractivity contribution in [1.82, 2.24) is 0 Å². The van der Waals surface area contributed by atoms with Crippen LogP contribution in [-0.4, -0.2) is 34.3 Å². The van der Waals surface area contributed by atoms with E-state index in [2.05, 4.69) is 5.32 Å². The van der Waals surface area contributed by atoms with Crippen molar-refractivity contribution in [3.63, 3.8) is 0 Å². The normalized spacial score (nSPS) is 10.9. The molecule has 0 radical (unpaired) electrons. The van der Waals surface area contributed by atoms with E-state index in [1.807, 2.05) is 72.8 Å². The molecule has 3 rings (SSSR count). The molecule has 0 saturated heterocycles. The van der Waals surface area contributed by atoms with Gasteiger partial charge in [-0.15, -0.1) is 0 Å². The predicted molar refractivity (Wildman–Crippen MR) is 132 cm³/mol. The van der Waals surface area contributed by atoms with Gasteiger partial charge in [-0.2, -0.15) is 0 Å². The maximum Gasteiger partial charge on any atom is 0.248 e. The van der Waals surface area contributed by atoms with Crippen molar-refractivity contribution in [2.75, 3.05) is 33.8 Å². The molecule has 0 aliphatic heterocycles. The van der Waals surface area contributed by atoms with E-state index < -0.39 is 0 Å². The molecule has 33 heavy (non-hydrogen) atoms. The molecule has 0 unspecified atom stereocenters. The molecule has 0 aromatic heterocycles. The molecule has 0 bridgehead atoms. The monoisotopic (exact) mass is 445 g/mol. The van der Waals surface area contributed by atoms with Gasteiger partial charge in [-0.05, 0) is 53.1 Å². The Balaban J connectivity index is 1.78. The highest BCUT2D eigenvalue weighted by Gasteiger charge is 2.12. The van der Waals surface area contributed by atoms with Crippen LogP contribution in [0, 0.1) is 0 Å². The molecule has 0 aliphatic rings. The second-order valence-electron chi connectivity index (χ2n) is 6.98. The summed E-state index contributed by atoms with van der Waals surface area (Å²) in [6, 6.07) is 18.8. The number of carbonyl (C=O) groups excluding carboxylic acids is 1. The van der Waals surface area contributed by atoms with E-state index in [0.717, 1.165) is 22.4 Å². The number of methoxy groups -OCH3 is 4. The van der Waals surface area contributed by atoms with Crippen LogP contribution in [0.1, 0.15) is 16.7 Å². The van der Waals surface area contributed by atoms with Crippen LogP contribution in [-0.2, 0) is 4.79 Å². The van der Waals surface area contributed by atoms with E-state index in [9.17, 15) is 4.79 Å². The Hall–Kier alpha value is -4.19. The van der Waals surface area contributed by atoms with E-state index in [0.29, 0.717) is 22.9 Å². The summed E-state index contributed by atoms with van der Waals surface area (Å²) in [7, 11) is 6.33. The first-order valence-corrected chi connectivity index (χ1v) is 10.3. The topological polar surface area (TPSA) is 66.0 Å². The van der Waals surface area contributed by atoms with Crippen molar-refractivity contribution in [3.8, 4) is 23.0 Å². The van der Waals surface area contributed by atoms with Crippen LogP contribution in [0.3, 0.4) is 0 Å². The predicted octanol–water partition coefficient (Wildman–Crippen LogP) is 5.54. The van der Waals surface area contributed by atoms with Gasteiger partial charge in [0.15, 0.2) is 11.5 Å². The van der Waals surface area contributed by atoms with Gasteiger partial charge in [0.05, 0.1) is 28.4 Å². The van der Waals surface area contributed by atoms with Crippen molar-refractivity contribution in [2.45, 2.75) is 0 Å². The van der Waals surface area contributed by atoms with Crippen LogP contribution in [0.25, 0.3) is 18.2 Å². The molecule has 1 N–H and O–H groups in total. The average Bonchev–Trinajstić information content (AvgIpc) is 2.86. The van der Waals surface area contributed by atoms with Gasteiger partial charge < -0.3 is 24.3 Å². The van der Waals surface area contributed by atoms with E-state index >= 15 is 0 Å². The minimum atomic E-state index is -0.230. The summed E-state index contributed by atoms with van der Waals surface area (Å²) < 4.78 is 21.4. The highest BCUT2D eigenvalue weighted by atomic mass is 16.5. The zero-order chi connectivity index (χ0) is 23.6. The first-order chi connectivity index (χ1) is 16.1. The van der Waals surface area contributed by atoms with Gasteiger partial charge in [0, 0.05) is 11.8 Å². The van der Waals surface area contributed by atoms with Crippen molar-refractivity contribution >= 4 is 29.8 Å². The molecule has 0 aliphatic carbocycles. The average molecular weight is 446 g/mol. The summed E-state index contributed by atoms with van der Waals surface area (Å²) in [4.78, 5) is 12.5. The van der Waals surface area contributed by atoms with Crippen LogP contribution in [0.2, 0.25) is 0 Å². The first kappa shape index (κ1) is 23.5. The van der Waals surface area contributed by atoms with Gasteiger partial charge in [-0.25, -0.2) is 0 Å². The standard InChI is InChI=1S/C27H27NO5/c1-30-22-10-7-8-19(16-22)13-15-26(29)28-23-11-6-5-9-21(23)14-12-20-17-24(31-2)27(33-4)25(18-20)32-3/h5-18H,1-4H3,(H,28,29)/b14-12+,15-13+. The Bertz CT molecular complexity index is 1140. The lowest BCUT2D eigenvalue weighted by molar-refractivity contribution is -0.111. The minimum Gasteiger partial charge on any atom is -0.497 e. The van der Waals surface area contributed by atoms with Gasteiger partial charge in [0.1, 0.15) is 5.75 Å². The molecule has 0 heterocycles. The lowest BCUT2D eigenvalue weighted by Crippen LogP contribution is -2.08. The molecule has 3 aromatic carbocycles. The number of benzene rings is 3. The summed E-state index contributed by atoms with van der Waals surface area (Å²) in [5, 5.41) is 2.93. The van der Waals surface area contributed by atoms with Gasteiger partial charge in [0.25, 0.3) is 0 Å². The van der Waals surface area contributed by atoms with E-state index in [1.165, 1.54) is 6.08 Å². The third-order valence-electron chi connectivity index (χ3n) is 4.88. The minimum absolute atomic E-state index is 0.230. The van der Waals surface area contributed by atoms with Crippen molar-refractivity contribution in [2.24, 2.45) is 0 Å². The largest absolute Gasteiger partial charge is 0.497 e. The molecular weight excluding hydrogens is 418 g/mol. The summed E-state index contributed by atoms with van der Waals surface area (Å²) in [5.41, 5.74) is 3.29. The fourth-order valence-corrected chi connectivity index (χ4v) is 3.23. The molecule has 1 amide bonds. The van der Waals surface area contributed by atoms with Gasteiger partial charge >= 0.3 is 0 Å². The maximum absolute atomic E-state index is 12.5. The van der Waals surface area contributed by atoms with E-state index in [1.54, 1.807) is 34.5 Å². The third-order valence-corrected chi connectivity index (χ3v) is 4.88. The van der Waals surface area contributed by atoms with Crippen LogP contribution >= 0.6 is 0 Å². The number of nitrogens with one attached hydrogen (secondary N) is 1. The van der Waals surface area contributed by atoms with Gasteiger partial charge in [0.2, 0.25) is 11.7 Å². The second-order valence-corrected chi connectivity index (χ2v) is 6.98. The molecule has 170 valence electrons. The molecule has 3 aromatic rings. The van der Waals surface area contributed by atoms with Crippen LogP contribution in [0.4, 0.5) is 5.69 Å². The molecule has 0 atom stereocenters. The Morgan fingerprint density at radius 1 is 0.727 bits per heavy atom.